The summed E-state index contributed by atoms with van der Waals surface area (Å²) in [6.45, 7) is 3.73. The van der Waals surface area contributed by atoms with Crippen molar-refractivity contribution in [1.82, 2.24) is 4.90 Å². The molecule has 0 bridgehead atoms. The summed E-state index contributed by atoms with van der Waals surface area (Å²) in [5, 5.41) is 0. The highest BCUT2D eigenvalue weighted by Crippen LogP contribution is 2.45. The maximum absolute atomic E-state index is 12.8. The number of amides is 1. The van der Waals surface area contributed by atoms with Crippen molar-refractivity contribution < 1.29 is 19.0 Å². The molecule has 1 aliphatic rings. The van der Waals surface area contributed by atoms with Crippen molar-refractivity contribution in [3.05, 3.63) is 16.1 Å². The van der Waals surface area contributed by atoms with E-state index in [1.807, 2.05) is 4.90 Å². The molecule has 6 heteroatoms. The Hall–Kier alpha value is -1.43. The Labute approximate surface area is 139 Å². The molecule has 1 aromatic rings. The number of nitrogens with zero attached hydrogens (tertiary/aromatic N) is 1. The van der Waals surface area contributed by atoms with Gasteiger partial charge in [0, 0.05) is 13.1 Å². The Morgan fingerprint density at radius 1 is 1.23 bits per heavy atom. The average molecular weight is 372 g/mol. The van der Waals surface area contributed by atoms with Crippen molar-refractivity contribution in [3.8, 4) is 17.2 Å². The fourth-order valence-corrected chi connectivity index (χ4v) is 3.45. The third-order valence-electron chi connectivity index (χ3n) is 3.94. The smallest absolute Gasteiger partial charge is 0.255 e. The number of benzene rings is 1. The number of piperidine rings is 1. The second kappa shape index (κ2) is 7.22. The van der Waals surface area contributed by atoms with Crippen molar-refractivity contribution in [2.24, 2.45) is 5.92 Å². The summed E-state index contributed by atoms with van der Waals surface area (Å²) in [5.41, 5.74) is 0.531. The number of hydrogen-bond donors (Lipinski definition) is 0. The first-order chi connectivity index (χ1) is 10.5. The topological polar surface area (TPSA) is 48.0 Å². The van der Waals surface area contributed by atoms with Gasteiger partial charge < -0.3 is 19.1 Å². The highest BCUT2D eigenvalue weighted by molar-refractivity contribution is 9.10. The summed E-state index contributed by atoms with van der Waals surface area (Å²) in [6, 6.07) is 1.70. The molecule has 0 aliphatic carbocycles. The van der Waals surface area contributed by atoms with Gasteiger partial charge in [0.2, 0.25) is 5.75 Å². The van der Waals surface area contributed by atoms with Crippen LogP contribution >= 0.6 is 15.9 Å². The standard InChI is InChI=1S/C16H22BrNO4/c1-10-6-5-7-18(9-10)16(19)11-8-12(20-2)14(21-3)15(22-4)13(11)17/h8,10H,5-7,9H2,1-4H3. The molecular weight excluding hydrogens is 350 g/mol. The zero-order valence-corrected chi connectivity index (χ0v) is 15.0. The largest absolute Gasteiger partial charge is 0.493 e. The number of ether oxygens (including phenoxy) is 3. The summed E-state index contributed by atoms with van der Waals surface area (Å²) in [7, 11) is 4.63. The maximum atomic E-state index is 12.8. The quantitative estimate of drug-likeness (QED) is 0.814. The van der Waals surface area contributed by atoms with E-state index in [2.05, 4.69) is 22.9 Å². The van der Waals surface area contributed by atoms with Crippen LogP contribution in [0, 0.1) is 5.92 Å². The van der Waals surface area contributed by atoms with Gasteiger partial charge in [0.1, 0.15) is 0 Å². The normalized spacial score (nSPS) is 18.0. The molecule has 1 aliphatic heterocycles. The summed E-state index contributed by atoms with van der Waals surface area (Å²) >= 11 is 3.47. The monoisotopic (exact) mass is 371 g/mol. The van der Waals surface area contributed by atoms with Gasteiger partial charge in [-0.25, -0.2) is 0 Å². The predicted octanol–water partition coefficient (Wildman–Crippen LogP) is 3.35. The lowest BCUT2D eigenvalue weighted by Crippen LogP contribution is -2.39. The van der Waals surface area contributed by atoms with Crippen LogP contribution in [0.15, 0.2) is 10.5 Å². The number of carbonyl (C=O) groups excluding carboxylic acids is 1. The van der Waals surface area contributed by atoms with E-state index >= 15 is 0 Å². The van der Waals surface area contributed by atoms with Crippen LogP contribution in [0.2, 0.25) is 0 Å². The van der Waals surface area contributed by atoms with Gasteiger partial charge in [0.05, 0.1) is 31.4 Å². The fourth-order valence-electron chi connectivity index (χ4n) is 2.82. The fraction of sp³-hybridized carbons (Fsp3) is 0.562. The van der Waals surface area contributed by atoms with Crippen LogP contribution in [0.1, 0.15) is 30.1 Å². The number of hydrogen-bond acceptors (Lipinski definition) is 4. The van der Waals surface area contributed by atoms with E-state index in [0.717, 1.165) is 19.5 Å². The molecule has 1 saturated heterocycles. The molecule has 1 fully saturated rings. The van der Waals surface area contributed by atoms with Gasteiger partial charge in [-0.1, -0.05) is 6.92 Å². The van der Waals surface area contributed by atoms with E-state index in [4.69, 9.17) is 14.2 Å². The first-order valence-corrected chi connectivity index (χ1v) is 8.10. The van der Waals surface area contributed by atoms with Gasteiger partial charge in [-0.3, -0.25) is 4.79 Å². The Bertz CT molecular complexity index is 562. The molecule has 1 amide bonds. The van der Waals surface area contributed by atoms with Crippen molar-refractivity contribution in [2.75, 3.05) is 34.4 Å². The minimum Gasteiger partial charge on any atom is -0.493 e. The van der Waals surface area contributed by atoms with Crippen LogP contribution in [-0.4, -0.2) is 45.2 Å². The molecular formula is C16H22BrNO4. The summed E-state index contributed by atoms with van der Waals surface area (Å²) in [6.07, 6.45) is 2.20. The lowest BCUT2D eigenvalue weighted by molar-refractivity contribution is 0.0681. The lowest BCUT2D eigenvalue weighted by Gasteiger charge is -2.31. The van der Waals surface area contributed by atoms with Crippen LogP contribution in [0.3, 0.4) is 0 Å². The van der Waals surface area contributed by atoms with Crippen molar-refractivity contribution in [2.45, 2.75) is 19.8 Å². The van der Waals surface area contributed by atoms with E-state index in [-0.39, 0.29) is 5.91 Å². The number of methoxy groups -OCH3 is 3. The van der Waals surface area contributed by atoms with Crippen LogP contribution in [-0.2, 0) is 0 Å². The molecule has 5 nitrogen and oxygen atoms in total. The van der Waals surface area contributed by atoms with Crippen molar-refractivity contribution in [3.63, 3.8) is 0 Å². The second-order valence-electron chi connectivity index (χ2n) is 5.51. The zero-order valence-electron chi connectivity index (χ0n) is 13.4. The SMILES string of the molecule is COc1cc(C(=O)N2CCCC(C)C2)c(Br)c(OC)c1OC. The molecule has 1 aromatic carbocycles. The van der Waals surface area contributed by atoms with Crippen LogP contribution in [0.4, 0.5) is 0 Å². The minimum absolute atomic E-state index is 0.0160. The van der Waals surface area contributed by atoms with Gasteiger partial charge >= 0.3 is 0 Å². The second-order valence-corrected chi connectivity index (χ2v) is 6.30. The molecule has 22 heavy (non-hydrogen) atoms. The van der Waals surface area contributed by atoms with E-state index in [9.17, 15) is 4.79 Å². The van der Waals surface area contributed by atoms with Gasteiger partial charge in [-0.05, 0) is 40.8 Å². The van der Waals surface area contributed by atoms with E-state index in [0.29, 0.717) is 33.2 Å². The Kier molecular flexibility index (Phi) is 5.56. The Morgan fingerprint density at radius 2 is 1.91 bits per heavy atom. The summed E-state index contributed by atoms with van der Waals surface area (Å²) in [4.78, 5) is 14.7. The molecule has 0 saturated carbocycles. The van der Waals surface area contributed by atoms with Crippen molar-refractivity contribution in [1.29, 1.82) is 0 Å². The first-order valence-electron chi connectivity index (χ1n) is 7.31. The molecule has 1 atom stereocenters. The molecule has 1 unspecified atom stereocenters. The number of rotatable bonds is 4. The van der Waals surface area contributed by atoms with E-state index < -0.39 is 0 Å². The zero-order chi connectivity index (χ0) is 16.3. The van der Waals surface area contributed by atoms with Gasteiger partial charge in [0.25, 0.3) is 5.91 Å². The lowest BCUT2D eigenvalue weighted by atomic mass is 9.99. The maximum Gasteiger partial charge on any atom is 0.255 e. The molecule has 0 N–H and O–H groups in total. The molecule has 0 radical (unpaired) electrons. The van der Waals surface area contributed by atoms with Gasteiger partial charge in [0.15, 0.2) is 11.5 Å². The highest BCUT2D eigenvalue weighted by atomic mass is 79.9. The third-order valence-corrected chi connectivity index (χ3v) is 4.73. The molecule has 122 valence electrons. The van der Waals surface area contributed by atoms with Crippen LogP contribution < -0.4 is 14.2 Å². The van der Waals surface area contributed by atoms with E-state index in [1.54, 1.807) is 27.4 Å². The van der Waals surface area contributed by atoms with Gasteiger partial charge in [-0.15, -0.1) is 0 Å². The first kappa shape index (κ1) is 16.9. The Balaban J connectivity index is 2.43. The molecule has 0 aromatic heterocycles. The average Bonchev–Trinajstić information content (AvgIpc) is 2.53. The van der Waals surface area contributed by atoms with Crippen LogP contribution in [0.5, 0.6) is 17.2 Å². The summed E-state index contributed by atoms with van der Waals surface area (Å²) in [5.74, 6) is 1.93. The summed E-state index contributed by atoms with van der Waals surface area (Å²) < 4.78 is 16.6. The molecule has 2 rings (SSSR count). The van der Waals surface area contributed by atoms with Crippen LogP contribution in [0.25, 0.3) is 0 Å². The van der Waals surface area contributed by atoms with Crippen molar-refractivity contribution >= 4 is 21.8 Å². The highest BCUT2D eigenvalue weighted by Gasteiger charge is 2.28. The number of likely N-dealkylation sites (tertiary alicyclic amines) is 1. The number of halogens is 1. The third kappa shape index (κ3) is 3.16. The Morgan fingerprint density at radius 3 is 2.45 bits per heavy atom. The van der Waals surface area contributed by atoms with E-state index in [1.165, 1.54) is 6.42 Å². The molecule has 0 spiro atoms. The van der Waals surface area contributed by atoms with Gasteiger partial charge in [-0.2, -0.15) is 0 Å². The minimum atomic E-state index is -0.0160. The predicted molar refractivity (Wildman–Crippen MR) is 88.1 cm³/mol. The number of carbonyl (C=O) groups is 1. The molecule has 1 heterocycles.